The fourth-order valence-electron chi connectivity index (χ4n) is 3.20. The van der Waals surface area contributed by atoms with Crippen molar-refractivity contribution < 1.29 is 22.1 Å². The lowest BCUT2D eigenvalue weighted by atomic mass is 10.2. The summed E-state index contributed by atoms with van der Waals surface area (Å²) in [5.74, 6) is 0.521. The second-order valence-corrected chi connectivity index (χ2v) is 9.39. The first-order valence-electron chi connectivity index (χ1n) is 9.04. The van der Waals surface area contributed by atoms with Gasteiger partial charge in [0.05, 0.1) is 25.5 Å². The molecule has 3 rings (SSSR count). The molecule has 0 unspecified atom stereocenters. The molecule has 2 amide bonds. The molecule has 2 aromatic heterocycles. The number of thiazole rings is 1. The van der Waals surface area contributed by atoms with Crippen LogP contribution in [-0.4, -0.2) is 73.4 Å². The van der Waals surface area contributed by atoms with Crippen molar-refractivity contribution in [1.82, 2.24) is 20.2 Å². The summed E-state index contributed by atoms with van der Waals surface area (Å²) in [7, 11) is -2.17. The largest absolute Gasteiger partial charge is 0.341 e. The molecule has 1 aliphatic heterocycles. The Bertz CT molecular complexity index is 1060. The molecule has 13 heteroatoms. The smallest absolute Gasteiger partial charge is 0.317 e. The number of carbonyl (C=O) groups excluding carboxylic acids is 1. The summed E-state index contributed by atoms with van der Waals surface area (Å²) in [6.45, 7) is 1.66. The molecule has 0 aromatic carbocycles. The van der Waals surface area contributed by atoms with E-state index >= 15 is 0 Å². The maximum atomic E-state index is 11.9. The topological polar surface area (TPSA) is 137 Å². The van der Waals surface area contributed by atoms with E-state index in [0.29, 0.717) is 42.0 Å². The Morgan fingerprint density at radius 3 is 2.73 bits per heavy atom. The summed E-state index contributed by atoms with van der Waals surface area (Å²) < 4.78 is 29.2. The second kappa shape index (κ2) is 8.92. The molecular formula is C17H22N7O4S2+. The number of hydrogen-bond acceptors (Lipinski definition) is 9. The van der Waals surface area contributed by atoms with Crippen LogP contribution in [0.3, 0.4) is 0 Å². The number of carbonyl (C=O) groups is 1. The molecular weight excluding hydrogens is 430 g/mol. The first-order chi connectivity index (χ1) is 14.2. The van der Waals surface area contributed by atoms with E-state index in [-0.39, 0.29) is 17.2 Å². The van der Waals surface area contributed by atoms with Crippen LogP contribution >= 0.6 is 11.3 Å². The first-order valence-corrected chi connectivity index (χ1v) is 11.7. The van der Waals surface area contributed by atoms with Crippen LogP contribution in [0.2, 0.25) is 0 Å². The van der Waals surface area contributed by atoms with Crippen LogP contribution in [0.4, 0.5) is 15.7 Å². The van der Waals surface area contributed by atoms with Crippen molar-refractivity contribution in [1.29, 1.82) is 5.26 Å². The van der Waals surface area contributed by atoms with E-state index in [1.807, 2.05) is 6.07 Å². The van der Waals surface area contributed by atoms with Crippen molar-refractivity contribution in [3.8, 4) is 6.07 Å². The maximum Gasteiger partial charge on any atom is 0.317 e. The van der Waals surface area contributed by atoms with Gasteiger partial charge in [0.25, 0.3) is 0 Å². The Balaban J connectivity index is 1.78. The van der Waals surface area contributed by atoms with Gasteiger partial charge in [-0.3, -0.25) is 0 Å². The van der Waals surface area contributed by atoms with E-state index < -0.39 is 10.1 Å². The number of anilines is 2. The Morgan fingerprint density at radius 1 is 1.40 bits per heavy atom. The van der Waals surface area contributed by atoms with E-state index in [1.54, 1.807) is 30.3 Å². The summed E-state index contributed by atoms with van der Waals surface area (Å²) >= 11 is 1.21. The zero-order valence-electron chi connectivity index (χ0n) is 16.5. The molecule has 11 nitrogen and oxygen atoms in total. The van der Waals surface area contributed by atoms with Gasteiger partial charge < -0.3 is 15.5 Å². The molecule has 0 bridgehead atoms. The van der Waals surface area contributed by atoms with Crippen LogP contribution in [0.15, 0.2) is 24.5 Å². The fraction of sp³-hybridized carbons (Fsp3) is 0.412. The number of aromatic nitrogens is 2. The monoisotopic (exact) mass is 452 g/mol. The maximum absolute atomic E-state index is 11.9. The number of rotatable bonds is 6. The number of urea groups is 1. The molecule has 2 aromatic rings. The Kier molecular flexibility index (Phi) is 6.52. The number of hydrogen-bond donors (Lipinski definition) is 2. The summed E-state index contributed by atoms with van der Waals surface area (Å²) in [6, 6.07) is 5.39. The number of quaternary nitrogens is 1. The average molecular weight is 453 g/mol. The highest BCUT2D eigenvalue weighted by Crippen LogP contribution is 2.25. The molecule has 0 atom stereocenters. The van der Waals surface area contributed by atoms with Gasteiger partial charge in [-0.15, -0.1) is 0 Å². The molecule has 1 fully saturated rings. The Hall–Kier alpha value is -2.79. The molecule has 0 radical (unpaired) electrons. The lowest BCUT2D eigenvalue weighted by Crippen LogP contribution is -2.61. The summed E-state index contributed by atoms with van der Waals surface area (Å²) in [6.07, 6.45) is 4.10. The third-order valence-electron chi connectivity index (χ3n) is 4.50. The molecule has 1 aliphatic rings. The Morgan fingerprint density at radius 2 is 2.13 bits per heavy atom. The fourth-order valence-corrected chi connectivity index (χ4v) is 4.60. The van der Waals surface area contributed by atoms with E-state index in [2.05, 4.69) is 20.6 Å². The average Bonchev–Trinajstić information content (AvgIpc) is 3.14. The van der Waals surface area contributed by atoms with Gasteiger partial charge in [0.15, 0.2) is 5.13 Å². The molecule has 3 heterocycles. The van der Waals surface area contributed by atoms with Gasteiger partial charge in [0.1, 0.15) is 36.4 Å². The van der Waals surface area contributed by atoms with Gasteiger partial charge in [-0.2, -0.15) is 18.3 Å². The molecule has 0 spiro atoms. The molecule has 160 valence electrons. The van der Waals surface area contributed by atoms with Crippen LogP contribution in [0.25, 0.3) is 0 Å². The predicted octanol–water partition coefficient (Wildman–Crippen LogP) is 1.02. The van der Waals surface area contributed by atoms with Gasteiger partial charge in [-0.05, 0) is 12.1 Å². The highest BCUT2D eigenvalue weighted by Gasteiger charge is 2.40. The summed E-state index contributed by atoms with van der Waals surface area (Å²) in [5, 5.41) is 15.1. The van der Waals surface area contributed by atoms with Crippen LogP contribution in [0.5, 0.6) is 0 Å². The first kappa shape index (κ1) is 21.9. The second-order valence-electron chi connectivity index (χ2n) is 6.80. The van der Waals surface area contributed by atoms with Gasteiger partial charge in [-0.25, -0.2) is 14.8 Å². The zero-order chi connectivity index (χ0) is 21.8. The van der Waals surface area contributed by atoms with Gasteiger partial charge in [0.2, 0.25) is 0 Å². The standard InChI is InChI=1S/C17H21N7O4S2/c1-19-17(25)23-5-7-24(8-6-23,28-30(2,26)27)12-13-3-4-20-15(9-13)22-16-21-11-14(10-18)29-16/h3-4,9,11H,5-8,12H2,1-2H3,(H-,19,20,21,22,25)/p+1. The number of pyridine rings is 1. The number of amides is 2. The van der Waals surface area contributed by atoms with Gasteiger partial charge in [-0.1, -0.05) is 15.6 Å². The normalized spacial score (nSPS) is 16.0. The minimum atomic E-state index is -3.72. The summed E-state index contributed by atoms with van der Waals surface area (Å²) in [5.41, 5.74) is 0.807. The molecule has 0 saturated carbocycles. The van der Waals surface area contributed by atoms with Crippen molar-refractivity contribution in [2.45, 2.75) is 6.54 Å². The molecule has 30 heavy (non-hydrogen) atoms. The highest BCUT2D eigenvalue weighted by atomic mass is 32.2. The van der Waals surface area contributed by atoms with E-state index in [0.717, 1.165) is 11.8 Å². The molecule has 2 N–H and O–H groups in total. The predicted molar refractivity (Wildman–Crippen MR) is 110 cm³/mol. The lowest BCUT2D eigenvalue weighted by Gasteiger charge is -2.40. The molecule has 1 saturated heterocycles. The number of nitrogens with one attached hydrogen (secondary N) is 2. The third kappa shape index (κ3) is 5.63. The van der Waals surface area contributed by atoms with Crippen molar-refractivity contribution in [2.75, 3.05) is 44.8 Å². The van der Waals surface area contributed by atoms with E-state index in [9.17, 15) is 13.2 Å². The van der Waals surface area contributed by atoms with Crippen molar-refractivity contribution >= 4 is 38.4 Å². The Labute approximate surface area is 178 Å². The number of nitrogens with zero attached hydrogens (tertiary/aromatic N) is 5. The van der Waals surface area contributed by atoms with E-state index in [4.69, 9.17) is 9.55 Å². The number of nitriles is 1. The number of hydroxylamine groups is 3. The SMILES string of the molecule is CNC(=O)N1CC[N+](Cc2ccnc(Nc3ncc(C#N)s3)c2)(OS(C)(=O)=O)CC1. The van der Waals surface area contributed by atoms with Crippen molar-refractivity contribution in [2.24, 2.45) is 0 Å². The minimum Gasteiger partial charge on any atom is -0.341 e. The summed E-state index contributed by atoms with van der Waals surface area (Å²) in [4.78, 5) is 22.3. The van der Waals surface area contributed by atoms with Crippen LogP contribution in [0.1, 0.15) is 10.4 Å². The quantitative estimate of drug-likeness (QED) is 0.620. The zero-order valence-corrected chi connectivity index (χ0v) is 18.2. The van der Waals surface area contributed by atoms with Crippen LogP contribution < -0.4 is 10.6 Å². The van der Waals surface area contributed by atoms with E-state index in [1.165, 1.54) is 17.5 Å². The minimum absolute atomic E-state index is 0.147. The van der Waals surface area contributed by atoms with Crippen LogP contribution in [-0.2, 0) is 20.9 Å². The van der Waals surface area contributed by atoms with Gasteiger partial charge in [0, 0.05) is 18.8 Å². The number of piperazine rings is 1. The lowest BCUT2D eigenvalue weighted by molar-refractivity contribution is -1.09. The highest BCUT2D eigenvalue weighted by molar-refractivity contribution is 7.85. The molecule has 0 aliphatic carbocycles. The van der Waals surface area contributed by atoms with Crippen molar-refractivity contribution in [3.63, 3.8) is 0 Å². The van der Waals surface area contributed by atoms with Crippen LogP contribution in [0, 0.1) is 11.3 Å². The third-order valence-corrected chi connectivity index (χ3v) is 5.90. The van der Waals surface area contributed by atoms with Gasteiger partial charge >= 0.3 is 16.1 Å². The van der Waals surface area contributed by atoms with Crippen molar-refractivity contribution in [3.05, 3.63) is 35.0 Å².